The van der Waals surface area contributed by atoms with Gasteiger partial charge in [0, 0.05) is 44.3 Å². The lowest BCUT2D eigenvalue weighted by molar-refractivity contribution is 0.0562. The van der Waals surface area contributed by atoms with Gasteiger partial charge in [0.25, 0.3) is 5.91 Å². The van der Waals surface area contributed by atoms with E-state index in [-0.39, 0.29) is 30.4 Å². The average Bonchev–Trinajstić information content (AvgIpc) is 2.98. The Hall–Kier alpha value is -1.27. The Balaban J connectivity index is 0.00000300. The van der Waals surface area contributed by atoms with Crippen molar-refractivity contribution in [2.45, 2.75) is 58.2 Å². The maximum atomic E-state index is 13.8. The minimum absolute atomic E-state index is 0. The predicted molar refractivity (Wildman–Crippen MR) is 123 cm³/mol. The van der Waals surface area contributed by atoms with Crippen molar-refractivity contribution in [3.8, 4) is 0 Å². The summed E-state index contributed by atoms with van der Waals surface area (Å²) >= 11 is 6.78. The second-order valence-electron chi connectivity index (χ2n) is 7.84. The highest BCUT2D eigenvalue weighted by molar-refractivity contribution is 6.38. The summed E-state index contributed by atoms with van der Waals surface area (Å²) in [5.74, 6) is 0.0386. The number of carbonyl (C=O) groups is 1. The van der Waals surface area contributed by atoms with Crippen molar-refractivity contribution in [1.29, 1.82) is 0 Å². The molecule has 1 aromatic carbocycles. The molecule has 0 unspecified atom stereocenters. The van der Waals surface area contributed by atoms with Crippen molar-refractivity contribution in [2.24, 2.45) is 0 Å². The van der Waals surface area contributed by atoms with Gasteiger partial charge in [0.1, 0.15) is 5.69 Å². The molecule has 1 aliphatic heterocycles. The molecule has 0 aliphatic carbocycles. The number of methoxy groups -OCH3 is 1. The minimum atomic E-state index is 0. The number of para-hydroxylation sites is 1. The number of amides is 1. The first-order chi connectivity index (χ1) is 13.6. The Bertz CT molecular complexity index is 801. The van der Waals surface area contributed by atoms with Crippen molar-refractivity contribution >= 4 is 40.8 Å². The Morgan fingerprint density at radius 3 is 2.76 bits per heavy atom. The number of halogens is 2. The number of piperidine rings is 1. The minimum Gasteiger partial charge on any atom is -0.385 e. The van der Waals surface area contributed by atoms with Gasteiger partial charge >= 0.3 is 0 Å². The molecule has 0 spiro atoms. The first kappa shape index (κ1) is 24.0. The first-order valence-corrected chi connectivity index (χ1v) is 10.7. The van der Waals surface area contributed by atoms with Crippen LogP contribution in [0, 0.1) is 0 Å². The van der Waals surface area contributed by atoms with Crippen molar-refractivity contribution in [2.75, 3.05) is 26.8 Å². The molecule has 0 saturated carbocycles. The molecule has 2 heterocycles. The summed E-state index contributed by atoms with van der Waals surface area (Å²) < 4.78 is 7.29. The molecule has 1 atom stereocenters. The van der Waals surface area contributed by atoms with Crippen LogP contribution in [0.3, 0.4) is 0 Å². The van der Waals surface area contributed by atoms with Gasteiger partial charge in [-0.15, -0.1) is 12.4 Å². The van der Waals surface area contributed by atoms with Crippen molar-refractivity contribution in [3.05, 3.63) is 35.0 Å². The molecule has 1 aliphatic rings. The van der Waals surface area contributed by atoms with E-state index in [2.05, 4.69) is 29.8 Å². The summed E-state index contributed by atoms with van der Waals surface area (Å²) in [5.41, 5.74) is 1.65. The van der Waals surface area contributed by atoms with Gasteiger partial charge in [-0.1, -0.05) is 29.8 Å². The summed E-state index contributed by atoms with van der Waals surface area (Å²) in [4.78, 5) is 15.8. The number of hydrogen-bond acceptors (Lipinski definition) is 3. The lowest BCUT2D eigenvalue weighted by atomic mass is 10.0. The highest BCUT2D eigenvalue weighted by Crippen LogP contribution is 2.33. The molecule has 1 fully saturated rings. The van der Waals surface area contributed by atoms with Crippen molar-refractivity contribution in [1.82, 2.24) is 14.8 Å². The molecule has 0 bridgehead atoms. The summed E-state index contributed by atoms with van der Waals surface area (Å²) in [5, 5.41) is 4.95. The quantitative estimate of drug-likeness (QED) is 0.601. The third-order valence-corrected chi connectivity index (χ3v) is 5.93. The van der Waals surface area contributed by atoms with Crippen LogP contribution in [0.5, 0.6) is 0 Å². The molecule has 1 saturated heterocycles. The summed E-state index contributed by atoms with van der Waals surface area (Å²) in [6.45, 7) is 7.53. The maximum Gasteiger partial charge on any atom is 0.272 e. The number of carbonyl (C=O) groups excluding carboxylic acids is 1. The molecular formula is C22H33Cl2N3O2. The van der Waals surface area contributed by atoms with Crippen LogP contribution in [0.2, 0.25) is 5.02 Å². The standard InChI is InChI=1S/C22H32ClN3O2.ClH/c1-16(2)26(17-9-8-12-24-15-17)22(27)21-20(23)18-10-4-5-11-19(18)25(21)13-6-7-14-28-3;/h4-5,10-11,16-17,24H,6-9,12-15H2,1-3H3;1H/t17-;/m1./s1. The lowest BCUT2D eigenvalue weighted by Gasteiger charge is -2.38. The second-order valence-corrected chi connectivity index (χ2v) is 8.22. The Kier molecular flexibility index (Phi) is 9.28. The van der Waals surface area contributed by atoms with Crippen LogP contribution in [0.4, 0.5) is 0 Å². The molecule has 1 aromatic heterocycles. The van der Waals surface area contributed by atoms with E-state index < -0.39 is 0 Å². The molecule has 7 heteroatoms. The molecule has 162 valence electrons. The number of rotatable bonds is 8. The summed E-state index contributed by atoms with van der Waals surface area (Å²) in [6.07, 6.45) is 4.02. The predicted octanol–water partition coefficient (Wildman–Crippen LogP) is 4.75. The highest BCUT2D eigenvalue weighted by atomic mass is 35.5. The van der Waals surface area contributed by atoms with Gasteiger partial charge < -0.3 is 19.5 Å². The number of unbranched alkanes of at least 4 members (excludes halogenated alkanes) is 1. The SMILES string of the molecule is COCCCCn1c(C(=O)N(C(C)C)[C@@H]2CCCNC2)c(Cl)c2ccccc21.Cl. The second kappa shape index (κ2) is 11.2. The summed E-state index contributed by atoms with van der Waals surface area (Å²) in [6, 6.07) is 8.36. The molecule has 1 amide bonds. The number of nitrogens with zero attached hydrogens (tertiary/aromatic N) is 2. The van der Waals surface area contributed by atoms with Gasteiger partial charge in [0.2, 0.25) is 0 Å². The first-order valence-electron chi connectivity index (χ1n) is 10.3. The van der Waals surface area contributed by atoms with Crippen LogP contribution in [-0.2, 0) is 11.3 Å². The van der Waals surface area contributed by atoms with Gasteiger partial charge in [-0.25, -0.2) is 0 Å². The number of nitrogens with one attached hydrogen (secondary N) is 1. The van der Waals surface area contributed by atoms with Crippen LogP contribution in [0.1, 0.15) is 50.0 Å². The van der Waals surface area contributed by atoms with E-state index in [1.165, 1.54) is 0 Å². The third-order valence-electron chi connectivity index (χ3n) is 5.55. The molecular weight excluding hydrogens is 409 g/mol. The normalized spacial score (nSPS) is 16.8. The number of aryl methyl sites for hydroxylation is 1. The maximum absolute atomic E-state index is 13.8. The van der Waals surface area contributed by atoms with Crippen LogP contribution < -0.4 is 5.32 Å². The molecule has 0 radical (unpaired) electrons. The molecule has 5 nitrogen and oxygen atoms in total. The molecule has 3 rings (SSSR count). The zero-order valence-electron chi connectivity index (χ0n) is 17.6. The third kappa shape index (κ3) is 5.26. The largest absolute Gasteiger partial charge is 0.385 e. The fraction of sp³-hybridized carbons (Fsp3) is 0.591. The van der Waals surface area contributed by atoms with E-state index in [0.29, 0.717) is 10.7 Å². The fourth-order valence-corrected chi connectivity index (χ4v) is 4.58. The monoisotopic (exact) mass is 441 g/mol. The molecule has 1 N–H and O–H groups in total. The highest BCUT2D eigenvalue weighted by Gasteiger charge is 2.32. The van der Waals surface area contributed by atoms with Gasteiger partial charge in [0.15, 0.2) is 0 Å². The fourth-order valence-electron chi connectivity index (χ4n) is 4.23. The Morgan fingerprint density at radius 2 is 2.10 bits per heavy atom. The number of benzene rings is 1. The van der Waals surface area contributed by atoms with Crippen LogP contribution in [-0.4, -0.2) is 54.3 Å². The van der Waals surface area contributed by atoms with Crippen molar-refractivity contribution < 1.29 is 9.53 Å². The van der Waals surface area contributed by atoms with E-state index >= 15 is 0 Å². The molecule has 2 aromatic rings. The van der Waals surface area contributed by atoms with E-state index in [1.54, 1.807) is 7.11 Å². The number of fused-ring (bicyclic) bond motifs is 1. The van der Waals surface area contributed by atoms with Crippen LogP contribution in [0.25, 0.3) is 10.9 Å². The zero-order chi connectivity index (χ0) is 20.1. The number of ether oxygens (including phenoxy) is 1. The van der Waals surface area contributed by atoms with Gasteiger partial charge in [-0.2, -0.15) is 0 Å². The average molecular weight is 442 g/mol. The Labute approximate surface area is 185 Å². The van der Waals surface area contributed by atoms with E-state index in [4.69, 9.17) is 16.3 Å². The van der Waals surface area contributed by atoms with Crippen LogP contribution >= 0.6 is 24.0 Å². The van der Waals surface area contributed by atoms with Gasteiger partial charge in [-0.05, 0) is 52.1 Å². The number of hydrogen-bond donors (Lipinski definition) is 1. The topological polar surface area (TPSA) is 46.5 Å². The van der Waals surface area contributed by atoms with Crippen LogP contribution in [0.15, 0.2) is 24.3 Å². The van der Waals surface area contributed by atoms with Crippen molar-refractivity contribution in [3.63, 3.8) is 0 Å². The van der Waals surface area contributed by atoms with Gasteiger partial charge in [0.05, 0.1) is 10.5 Å². The Morgan fingerprint density at radius 1 is 1.34 bits per heavy atom. The number of aromatic nitrogens is 1. The zero-order valence-corrected chi connectivity index (χ0v) is 19.2. The van der Waals surface area contributed by atoms with Gasteiger partial charge in [-0.3, -0.25) is 4.79 Å². The lowest BCUT2D eigenvalue weighted by Crippen LogP contribution is -2.52. The smallest absolute Gasteiger partial charge is 0.272 e. The van der Waals surface area contributed by atoms with E-state index in [9.17, 15) is 4.79 Å². The van der Waals surface area contributed by atoms with E-state index in [0.717, 1.165) is 62.8 Å². The summed E-state index contributed by atoms with van der Waals surface area (Å²) in [7, 11) is 1.72. The molecule has 29 heavy (non-hydrogen) atoms. The van der Waals surface area contributed by atoms with E-state index in [1.807, 2.05) is 23.1 Å².